The molecule has 0 radical (unpaired) electrons. The predicted octanol–water partition coefficient (Wildman–Crippen LogP) is 4.31. The van der Waals surface area contributed by atoms with Gasteiger partial charge >= 0.3 is 0 Å². The third-order valence-corrected chi connectivity index (χ3v) is 5.09. The van der Waals surface area contributed by atoms with Gasteiger partial charge in [-0.1, -0.05) is 41.9 Å². The minimum absolute atomic E-state index is 0.0855. The summed E-state index contributed by atoms with van der Waals surface area (Å²) in [6.07, 6.45) is 1.32. The Hall–Kier alpha value is -2.37. The van der Waals surface area contributed by atoms with Crippen LogP contribution in [0.5, 0.6) is 5.75 Å². The average Bonchev–Trinajstić information content (AvgIpc) is 2.60. The highest BCUT2D eigenvalue weighted by atomic mass is 35.5. The number of fused-ring (bicyclic) bond motifs is 1. The fourth-order valence-electron chi connectivity index (χ4n) is 2.38. The lowest BCUT2D eigenvalue weighted by Gasteiger charge is -2.08. The molecule has 3 aromatic rings. The molecule has 6 heteroatoms. The molecule has 0 aliphatic rings. The summed E-state index contributed by atoms with van der Waals surface area (Å²) >= 11 is 5.79. The Labute approximate surface area is 145 Å². The Morgan fingerprint density at radius 1 is 1.00 bits per heavy atom. The van der Waals surface area contributed by atoms with Gasteiger partial charge in [0.1, 0.15) is 5.75 Å². The maximum absolute atomic E-state index is 12.4. The first-order valence-corrected chi connectivity index (χ1v) is 8.95. The topological polar surface area (TPSA) is 55.7 Å². The molecule has 0 saturated carbocycles. The van der Waals surface area contributed by atoms with E-state index in [2.05, 4.69) is 4.40 Å². The van der Waals surface area contributed by atoms with Crippen molar-refractivity contribution in [2.45, 2.75) is 4.90 Å². The van der Waals surface area contributed by atoms with Gasteiger partial charge in [0, 0.05) is 10.6 Å². The van der Waals surface area contributed by atoms with Gasteiger partial charge in [-0.25, -0.2) is 0 Å². The van der Waals surface area contributed by atoms with Crippen molar-refractivity contribution in [1.29, 1.82) is 0 Å². The fourth-order valence-corrected chi connectivity index (χ4v) is 3.35. The first-order valence-electron chi connectivity index (χ1n) is 7.13. The van der Waals surface area contributed by atoms with E-state index in [4.69, 9.17) is 16.3 Å². The van der Waals surface area contributed by atoms with Crippen LogP contribution < -0.4 is 4.74 Å². The lowest BCUT2D eigenvalue weighted by Crippen LogP contribution is -1.99. The normalized spacial score (nSPS) is 11.9. The number of hydrogen-bond donors (Lipinski definition) is 0. The summed E-state index contributed by atoms with van der Waals surface area (Å²) < 4.78 is 33.9. The van der Waals surface area contributed by atoms with Crippen LogP contribution >= 0.6 is 11.6 Å². The minimum atomic E-state index is -3.81. The van der Waals surface area contributed by atoms with Crippen LogP contribution in [0.3, 0.4) is 0 Å². The molecule has 0 aliphatic heterocycles. The number of sulfonamides is 1. The standard InChI is InChI=1S/C18H14ClNO3S/c1-23-18-11-6-13-4-2-3-5-16(13)17(18)12-20-24(21,22)15-9-7-14(19)8-10-15/h2-12H,1H3/b20-12+. The highest BCUT2D eigenvalue weighted by molar-refractivity contribution is 7.90. The molecule has 0 bridgehead atoms. The van der Waals surface area contributed by atoms with Crippen LogP contribution in [-0.2, 0) is 10.0 Å². The molecule has 24 heavy (non-hydrogen) atoms. The zero-order valence-corrected chi connectivity index (χ0v) is 14.4. The number of hydrogen-bond acceptors (Lipinski definition) is 3. The van der Waals surface area contributed by atoms with Crippen molar-refractivity contribution in [2.24, 2.45) is 4.40 Å². The molecule has 0 saturated heterocycles. The van der Waals surface area contributed by atoms with Crippen molar-refractivity contribution >= 4 is 38.6 Å². The molecule has 0 aromatic heterocycles. The van der Waals surface area contributed by atoms with E-state index in [1.807, 2.05) is 30.3 Å². The van der Waals surface area contributed by atoms with Crippen LogP contribution in [0.25, 0.3) is 10.8 Å². The first-order chi connectivity index (χ1) is 11.5. The maximum Gasteiger partial charge on any atom is 0.282 e. The Kier molecular flexibility index (Phi) is 4.55. The summed E-state index contributed by atoms with van der Waals surface area (Å²) in [6.45, 7) is 0. The van der Waals surface area contributed by atoms with Gasteiger partial charge < -0.3 is 4.74 Å². The number of halogens is 1. The first kappa shape index (κ1) is 16.5. The van der Waals surface area contributed by atoms with E-state index in [0.717, 1.165) is 10.8 Å². The molecule has 0 spiro atoms. The molecule has 0 N–H and O–H groups in total. The second-order valence-electron chi connectivity index (χ2n) is 5.07. The molecule has 0 atom stereocenters. The highest BCUT2D eigenvalue weighted by Crippen LogP contribution is 2.27. The molecule has 0 fully saturated rings. The van der Waals surface area contributed by atoms with E-state index in [0.29, 0.717) is 16.3 Å². The van der Waals surface area contributed by atoms with Crippen molar-refractivity contribution in [3.8, 4) is 5.75 Å². The van der Waals surface area contributed by atoms with Gasteiger partial charge in [-0.05, 0) is 41.1 Å². The molecule has 0 unspecified atom stereocenters. The van der Waals surface area contributed by atoms with Crippen molar-refractivity contribution in [1.82, 2.24) is 0 Å². The van der Waals surface area contributed by atoms with Crippen molar-refractivity contribution < 1.29 is 13.2 Å². The highest BCUT2D eigenvalue weighted by Gasteiger charge is 2.13. The van der Waals surface area contributed by atoms with Gasteiger partial charge in [0.15, 0.2) is 0 Å². The molecule has 4 nitrogen and oxygen atoms in total. The molecule has 122 valence electrons. The van der Waals surface area contributed by atoms with Crippen molar-refractivity contribution in [2.75, 3.05) is 7.11 Å². The molecule has 3 aromatic carbocycles. The largest absolute Gasteiger partial charge is 0.496 e. The van der Waals surface area contributed by atoms with E-state index in [9.17, 15) is 8.42 Å². The third-order valence-electron chi connectivity index (χ3n) is 3.58. The van der Waals surface area contributed by atoms with Gasteiger partial charge in [-0.2, -0.15) is 12.8 Å². The Balaban J connectivity index is 2.08. The zero-order chi connectivity index (χ0) is 17.2. The zero-order valence-electron chi connectivity index (χ0n) is 12.8. The second kappa shape index (κ2) is 6.63. The van der Waals surface area contributed by atoms with Crippen LogP contribution in [0.1, 0.15) is 5.56 Å². The van der Waals surface area contributed by atoms with Gasteiger partial charge in [0.05, 0.1) is 18.2 Å². The molecule has 0 amide bonds. The van der Waals surface area contributed by atoms with Gasteiger partial charge in [0.25, 0.3) is 10.0 Å². The maximum atomic E-state index is 12.4. The second-order valence-corrected chi connectivity index (χ2v) is 7.13. The lowest BCUT2D eigenvalue weighted by molar-refractivity contribution is 0.415. The van der Waals surface area contributed by atoms with Crippen LogP contribution in [0.4, 0.5) is 0 Å². The van der Waals surface area contributed by atoms with Crippen molar-refractivity contribution in [3.05, 3.63) is 71.2 Å². The SMILES string of the molecule is COc1ccc2ccccc2c1/C=N/S(=O)(=O)c1ccc(Cl)cc1. The van der Waals surface area contributed by atoms with Gasteiger partial charge in [0.2, 0.25) is 0 Å². The molecule has 0 aliphatic carbocycles. The Morgan fingerprint density at radius 3 is 2.42 bits per heavy atom. The summed E-state index contributed by atoms with van der Waals surface area (Å²) in [5.74, 6) is 0.559. The van der Waals surface area contributed by atoms with Crippen LogP contribution in [0, 0.1) is 0 Å². The van der Waals surface area contributed by atoms with Gasteiger partial charge in [-0.3, -0.25) is 0 Å². The van der Waals surface area contributed by atoms with Crippen LogP contribution in [-0.4, -0.2) is 21.7 Å². The number of methoxy groups -OCH3 is 1. The Morgan fingerprint density at radius 2 is 1.71 bits per heavy atom. The fraction of sp³-hybridized carbons (Fsp3) is 0.0556. The third kappa shape index (κ3) is 3.27. The van der Waals surface area contributed by atoms with Crippen LogP contribution in [0.15, 0.2) is 70.0 Å². The average molecular weight is 360 g/mol. The van der Waals surface area contributed by atoms with Crippen molar-refractivity contribution in [3.63, 3.8) is 0 Å². The minimum Gasteiger partial charge on any atom is -0.496 e. The quantitative estimate of drug-likeness (QED) is 0.652. The van der Waals surface area contributed by atoms with E-state index in [1.54, 1.807) is 6.07 Å². The molecule has 0 heterocycles. The smallest absolute Gasteiger partial charge is 0.282 e. The van der Waals surface area contributed by atoms with E-state index in [-0.39, 0.29) is 4.90 Å². The predicted molar refractivity (Wildman–Crippen MR) is 96.7 cm³/mol. The monoisotopic (exact) mass is 359 g/mol. The van der Waals surface area contributed by atoms with E-state index >= 15 is 0 Å². The molecule has 3 rings (SSSR count). The summed E-state index contributed by atoms with van der Waals surface area (Å²) in [5.41, 5.74) is 0.619. The summed E-state index contributed by atoms with van der Waals surface area (Å²) in [7, 11) is -2.28. The number of ether oxygens (including phenoxy) is 1. The number of nitrogens with zero attached hydrogens (tertiary/aromatic N) is 1. The molecular formula is C18H14ClNO3S. The van der Waals surface area contributed by atoms with E-state index < -0.39 is 10.0 Å². The number of rotatable bonds is 4. The van der Waals surface area contributed by atoms with Gasteiger partial charge in [-0.15, -0.1) is 0 Å². The summed E-state index contributed by atoms with van der Waals surface area (Å²) in [5, 5.41) is 2.31. The summed E-state index contributed by atoms with van der Waals surface area (Å²) in [4.78, 5) is 0.0855. The Bertz CT molecular complexity index is 1010. The molecular weight excluding hydrogens is 346 g/mol. The van der Waals surface area contributed by atoms with E-state index in [1.165, 1.54) is 37.6 Å². The summed E-state index contributed by atoms with van der Waals surface area (Å²) in [6, 6.07) is 17.2. The lowest BCUT2D eigenvalue weighted by atomic mass is 10.0. The number of benzene rings is 3. The van der Waals surface area contributed by atoms with Crippen LogP contribution in [0.2, 0.25) is 5.02 Å².